The van der Waals surface area contributed by atoms with Gasteiger partial charge in [-0.05, 0) is 23.6 Å². The second kappa shape index (κ2) is 8.00. The Kier molecular flexibility index (Phi) is 5.78. The third-order valence-corrected chi connectivity index (χ3v) is 3.92. The number of rotatable bonds is 8. The molecule has 0 radical (unpaired) electrons. The smallest absolute Gasteiger partial charge is 0.279 e. The van der Waals surface area contributed by atoms with Crippen molar-refractivity contribution in [2.24, 2.45) is 5.73 Å². The molecule has 0 heterocycles. The van der Waals surface area contributed by atoms with Crippen molar-refractivity contribution in [2.45, 2.75) is 25.3 Å². The number of nitrogens with zero attached hydrogens (tertiary/aromatic N) is 2. The van der Waals surface area contributed by atoms with Gasteiger partial charge in [0, 0.05) is 17.4 Å². The summed E-state index contributed by atoms with van der Waals surface area (Å²) in [4.78, 5) is 32.6. The van der Waals surface area contributed by atoms with E-state index in [1.165, 1.54) is 18.2 Å². The molecule has 2 rings (SSSR count). The summed E-state index contributed by atoms with van der Waals surface area (Å²) in [6, 6.07) is 11.5. The first-order valence-electron chi connectivity index (χ1n) is 7.62. The van der Waals surface area contributed by atoms with Gasteiger partial charge in [-0.15, -0.1) is 0 Å². The van der Waals surface area contributed by atoms with Gasteiger partial charge in [-0.2, -0.15) is 0 Å². The average Bonchev–Trinajstić information content (AvgIpc) is 2.56. The second-order valence-electron chi connectivity index (χ2n) is 5.57. The van der Waals surface area contributed by atoms with E-state index in [1.807, 2.05) is 0 Å². The molecule has 8 heteroatoms. The van der Waals surface area contributed by atoms with Crippen LogP contribution in [0.3, 0.4) is 0 Å². The van der Waals surface area contributed by atoms with Gasteiger partial charge in [0.05, 0.1) is 11.3 Å². The summed E-state index contributed by atoms with van der Waals surface area (Å²) in [6.45, 7) is 0. The number of primary amides is 1. The summed E-state index contributed by atoms with van der Waals surface area (Å²) < 4.78 is 0. The van der Waals surface area contributed by atoms with E-state index in [-0.39, 0.29) is 24.1 Å². The van der Waals surface area contributed by atoms with Gasteiger partial charge in [-0.25, -0.2) is 0 Å². The Hall–Kier alpha value is -3.29. The largest absolute Gasteiger partial charge is 0.369 e. The maximum absolute atomic E-state index is 11.5. The number of carbonyl (C=O) groups is 1. The van der Waals surface area contributed by atoms with Crippen molar-refractivity contribution in [3.05, 3.63) is 85.4 Å². The van der Waals surface area contributed by atoms with Crippen molar-refractivity contribution in [2.75, 3.05) is 0 Å². The van der Waals surface area contributed by atoms with Crippen molar-refractivity contribution in [1.29, 1.82) is 0 Å². The number of benzene rings is 2. The van der Waals surface area contributed by atoms with Crippen LogP contribution in [0.25, 0.3) is 0 Å². The molecule has 130 valence electrons. The lowest BCUT2D eigenvalue weighted by Crippen LogP contribution is -2.16. The van der Waals surface area contributed by atoms with E-state index in [0.717, 1.165) is 5.56 Å². The maximum Gasteiger partial charge on any atom is 0.279 e. The Morgan fingerprint density at radius 3 is 2.20 bits per heavy atom. The van der Waals surface area contributed by atoms with Crippen LogP contribution in [-0.2, 0) is 17.6 Å². The summed E-state index contributed by atoms with van der Waals surface area (Å²) in [6.07, 6.45) is 0.430. The van der Waals surface area contributed by atoms with Crippen LogP contribution in [0.1, 0.15) is 29.2 Å². The minimum absolute atomic E-state index is 0.0464. The molecule has 0 bridgehead atoms. The van der Waals surface area contributed by atoms with Gasteiger partial charge in [0.1, 0.15) is 5.56 Å². The zero-order valence-electron chi connectivity index (χ0n) is 13.3. The zero-order chi connectivity index (χ0) is 18.4. The molecule has 1 amide bonds. The van der Waals surface area contributed by atoms with E-state index in [0.29, 0.717) is 12.0 Å². The fourth-order valence-electron chi connectivity index (χ4n) is 2.76. The molecule has 0 saturated carbocycles. The average molecular weight is 343 g/mol. The Labute approximate surface area is 143 Å². The zero-order valence-corrected chi connectivity index (χ0v) is 13.3. The fourth-order valence-corrected chi connectivity index (χ4v) is 2.76. The number of carbonyl (C=O) groups excluding carboxylic acids is 1. The van der Waals surface area contributed by atoms with Crippen LogP contribution in [0, 0.1) is 20.2 Å². The first kappa shape index (κ1) is 18.1. The summed E-state index contributed by atoms with van der Waals surface area (Å²) >= 11 is 0. The van der Waals surface area contributed by atoms with Gasteiger partial charge in [-0.1, -0.05) is 36.4 Å². The van der Waals surface area contributed by atoms with Crippen LogP contribution >= 0.6 is 0 Å². The van der Waals surface area contributed by atoms with E-state index >= 15 is 0 Å². The molecule has 1 unspecified atom stereocenters. The number of hydrogen-bond donors (Lipinski definition) is 1. The predicted octanol–water partition coefficient (Wildman–Crippen LogP) is 2.57. The van der Waals surface area contributed by atoms with E-state index in [1.54, 1.807) is 30.3 Å². The Balaban J connectivity index is 2.27. The highest BCUT2D eigenvalue weighted by atomic mass is 16.6. The number of nitro groups is 2. The van der Waals surface area contributed by atoms with E-state index in [9.17, 15) is 25.0 Å². The third-order valence-electron chi connectivity index (χ3n) is 3.92. The van der Waals surface area contributed by atoms with Gasteiger partial charge in [0.15, 0.2) is 0 Å². The second-order valence-corrected chi connectivity index (χ2v) is 5.57. The van der Waals surface area contributed by atoms with E-state index in [4.69, 9.17) is 5.73 Å². The summed E-state index contributed by atoms with van der Waals surface area (Å²) in [5.41, 5.74) is 6.50. The van der Waals surface area contributed by atoms with E-state index in [2.05, 4.69) is 0 Å². The van der Waals surface area contributed by atoms with Crippen molar-refractivity contribution in [3.8, 4) is 0 Å². The Morgan fingerprint density at radius 2 is 1.60 bits per heavy atom. The van der Waals surface area contributed by atoms with Crippen LogP contribution in [-0.4, -0.2) is 15.8 Å². The molecule has 8 nitrogen and oxygen atoms in total. The Morgan fingerprint density at radius 1 is 1.00 bits per heavy atom. The number of amides is 1. The van der Waals surface area contributed by atoms with Crippen LogP contribution in [0.5, 0.6) is 0 Å². The molecule has 0 aliphatic heterocycles. The highest BCUT2D eigenvalue weighted by molar-refractivity contribution is 5.77. The maximum atomic E-state index is 11.5. The van der Waals surface area contributed by atoms with Gasteiger partial charge in [0.25, 0.3) is 5.69 Å². The van der Waals surface area contributed by atoms with Crippen LogP contribution in [0.15, 0.2) is 48.5 Å². The summed E-state index contributed by atoms with van der Waals surface area (Å²) in [7, 11) is 0. The molecule has 2 N–H and O–H groups in total. The number of para-hydroxylation sites is 1. The van der Waals surface area contributed by atoms with Crippen molar-refractivity contribution in [3.63, 3.8) is 0 Å². The molecule has 0 spiro atoms. The summed E-state index contributed by atoms with van der Waals surface area (Å²) in [5, 5.41) is 22.6. The van der Waals surface area contributed by atoms with E-state index < -0.39 is 21.8 Å². The lowest BCUT2D eigenvalue weighted by molar-refractivity contribution is -0.531. The van der Waals surface area contributed by atoms with Gasteiger partial charge in [0.2, 0.25) is 11.9 Å². The van der Waals surface area contributed by atoms with Gasteiger partial charge < -0.3 is 5.73 Å². The van der Waals surface area contributed by atoms with Crippen LogP contribution in [0.2, 0.25) is 0 Å². The monoisotopic (exact) mass is 343 g/mol. The molecular weight excluding hydrogens is 326 g/mol. The van der Waals surface area contributed by atoms with Crippen molar-refractivity contribution < 1.29 is 14.6 Å². The molecule has 0 fully saturated rings. The molecule has 0 aromatic heterocycles. The number of nitro benzene ring substituents is 1. The minimum Gasteiger partial charge on any atom is -0.369 e. The predicted molar refractivity (Wildman–Crippen MR) is 90.5 cm³/mol. The molecule has 2 aromatic rings. The first-order chi connectivity index (χ1) is 11.9. The lowest BCUT2D eigenvalue weighted by atomic mass is 9.95. The van der Waals surface area contributed by atoms with Crippen LogP contribution < -0.4 is 5.73 Å². The molecule has 0 aliphatic carbocycles. The SMILES string of the molecule is NC(=O)Cc1ccccc1CCC(c1ccccc1[N+](=O)[O-])[N+](=O)[O-]. The fraction of sp³-hybridized carbons (Fsp3) is 0.235. The number of hydrogen-bond acceptors (Lipinski definition) is 5. The minimum atomic E-state index is -1.21. The lowest BCUT2D eigenvalue weighted by Gasteiger charge is -2.12. The van der Waals surface area contributed by atoms with Crippen molar-refractivity contribution >= 4 is 11.6 Å². The Bertz CT molecular complexity index is 806. The van der Waals surface area contributed by atoms with Crippen molar-refractivity contribution in [1.82, 2.24) is 0 Å². The quantitative estimate of drug-likeness (QED) is 0.581. The molecule has 2 aromatic carbocycles. The van der Waals surface area contributed by atoms with Gasteiger partial charge in [-0.3, -0.25) is 25.0 Å². The highest BCUT2D eigenvalue weighted by Crippen LogP contribution is 2.30. The van der Waals surface area contributed by atoms with Crippen LogP contribution in [0.4, 0.5) is 5.69 Å². The third kappa shape index (κ3) is 4.60. The normalized spacial score (nSPS) is 11.7. The molecule has 0 aliphatic rings. The highest BCUT2D eigenvalue weighted by Gasteiger charge is 2.30. The molecule has 0 saturated heterocycles. The molecular formula is C17H17N3O5. The number of aryl methyl sites for hydroxylation is 1. The molecule has 1 atom stereocenters. The topological polar surface area (TPSA) is 129 Å². The summed E-state index contributed by atoms with van der Waals surface area (Å²) in [5.74, 6) is -0.489. The number of nitrogens with two attached hydrogens (primary N) is 1. The van der Waals surface area contributed by atoms with Gasteiger partial charge >= 0.3 is 0 Å². The molecule has 25 heavy (non-hydrogen) atoms. The standard InChI is InChI=1S/C17H17N3O5/c18-17(21)11-13-6-2-1-5-12(13)9-10-16(20(24)25)14-7-3-4-8-15(14)19(22)23/h1-8,16H,9-11H2,(H2,18,21). The first-order valence-corrected chi connectivity index (χ1v) is 7.62.